The number of benzene rings is 2. The molecule has 2 N–H and O–H groups in total. The molecule has 3 aliphatic heterocycles. The van der Waals surface area contributed by atoms with Crippen LogP contribution in [0.3, 0.4) is 0 Å². The SMILES string of the molecule is CCOC(=O)[C@@H]1[C@H]2O[C@@]3(CC2Br)[C@H](C(=O)Nc2ccc4ccccc4c2)N([C@H](C)CO)C(=O)[C@@H]13. The largest absolute Gasteiger partial charge is 0.466 e. The first-order valence-corrected chi connectivity index (χ1v) is 12.4. The quantitative estimate of drug-likeness (QED) is 0.439. The molecule has 2 aromatic carbocycles. The monoisotopic (exact) mass is 530 g/mol. The van der Waals surface area contributed by atoms with Gasteiger partial charge in [-0.2, -0.15) is 0 Å². The molecule has 2 amide bonds. The minimum atomic E-state index is -1.18. The smallest absolute Gasteiger partial charge is 0.312 e. The minimum Gasteiger partial charge on any atom is -0.466 e. The molecule has 3 saturated heterocycles. The predicted molar refractivity (Wildman–Crippen MR) is 128 cm³/mol. The fourth-order valence-electron chi connectivity index (χ4n) is 5.91. The zero-order valence-electron chi connectivity index (χ0n) is 18.9. The lowest BCUT2D eigenvalue weighted by molar-refractivity contribution is -0.155. The van der Waals surface area contributed by atoms with Crippen molar-refractivity contribution in [2.45, 2.75) is 48.9 Å². The molecular formula is C25H27BrN2O6. The van der Waals surface area contributed by atoms with Gasteiger partial charge < -0.3 is 24.8 Å². The van der Waals surface area contributed by atoms with Crippen LogP contribution in [0.2, 0.25) is 0 Å². The number of amides is 2. The molecular weight excluding hydrogens is 504 g/mol. The summed E-state index contributed by atoms with van der Waals surface area (Å²) in [6, 6.07) is 11.8. The molecule has 2 aromatic rings. The molecule has 1 spiro atoms. The van der Waals surface area contributed by atoms with Crippen molar-refractivity contribution in [1.82, 2.24) is 4.90 Å². The Balaban J connectivity index is 1.53. The highest BCUT2D eigenvalue weighted by molar-refractivity contribution is 9.09. The van der Waals surface area contributed by atoms with E-state index >= 15 is 0 Å². The van der Waals surface area contributed by atoms with Crippen molar-refractivity contribution in [1.29, 1.82) is 0 Å². The van der Waals surface area contributed by atoms with Crippen molar-refractivity contribution in [3.05, 3.63) is 42.5 Å². The Hall–Kier alpha value is -2.49. The summed E-state index contributed by atoms with van der Waals surface area (Å²) in [7, 11) is 0. The van der Waals surface area contributed by atoms with E-state index in [4.69, 9.17) is 9.47 Å². The molecule has 0 radical (unpaired) electrons. The molecule has 3 aliphatic rings. The molecule has 0 saturated carbocycles. The molecule has 180 valence electrons. The normalized spacial score (nSPS) is 32.6. The van der Waals surface area contributed by atoms with Gasteiger partial charge in [0.25, 0.3) is 0 Å². The first kappa shape index (κ1) is 23.3. The van der Waals surface area contributed by atoms with Crippen molar-refractivity contribution in [3.63, 3.8) is 0 Å². The number of anilines is 1. The summed E-state index contributed by atoms with van der Waals surface area (Å²) < 4.78 is 11.6. The van der Waals surface area contributed by atoms with E-state index < -0.39 is 47.5 Å². The average Bonchev–Trinajstić information content (AvgIpc) is 3.42. The van der Waals surface area contributed by atoms with E-state index in [9.17, 15) is 19.5 Å². The van der Waals surface area contributed by atoms with Crippen LogP contribution in [0.1, 0.15) is 20.3 Å². The van der Waals surface area contributed by atoms with E-state index in [-0.39, 0.29) is 23.9 Å². The Morgan fingerprint density at radius 2 is 2.03 bits per heavy atom. The predicted octanol–water partition coefficient (Wildman–Crippen LogP) is 2.47. The van der Waals surface area contributed by atoms with Crippen LogP contribution in [0.15, 0.2) is 42.5 Å². The van der Waals surface area contributed by atoms with Gasteiger partial charge in [-0.3, -0.25) is 14.4 Å². The van der Waals surface area contributed by atoms with Crippen molar-refractivity contribution in [2.75, 3.05) is 18.5 Å². The van der Waals surface area contributed by atoms with Crippen LogP contribution in [0.25, 0.3) is 10.8 Å². The Kier molecular flexibility index (Phi) is 5.90. The number of halogens is 1. The number of aliphatic hydroxyl groups excluding tert-OH is 1. The number of hydrogen-bond donors (Lipinski definition) is 2. The molecule has 5 rings (SSSR count). The number of carbonyl (C=O) groups excluding carboxylic acids is 3. The maximum absolute atomic E-state index is 13.8. The highest BCUT2D eigenvalue weighted by Crippen LogP contribution is 2.60. The molecule has 9 heteroatoms. The fourth-order valence-corrected chi connectivity index (χ4v) is 6.86. The summed E-state index contributed by atoms with van der Waals surface area (Å²) >= 11 is 3.61. The number of nitrogens with zero attached hydrogens (tertiary/aromatic N) is 1. The lowest BCUT2D eigenvalue weighted by Gasteiger charge is -2.35. The van der Waals surface area contributed by atoms with E-state index in [2.05, 4.69) is 21.2 Å². The summed E-state index contributed by atoms with van der Waals surface area (Å²) in [4.78, 5) is 41.5. The molecule has 0 aromatic heterocycles. The number of aliphatic hydroxyl groups is 1. The number of rotatable bonds is 6. The number of hydrogen-bond acceptors (Lipinski definition) is 6. The molecule has 3 heterocycles. The molecule has 0 aliphatic carbocycles. The Labute approximate surface area is 205 Å². The van der Waals surface area contributed by atoms with Gasteiger partial charge in [0, 0.05) is 10.5 Å². The van der Waals surface area contributed by atoms with Crippen molar-refractivity contribution in [3.8, 4) is 0 Å². The standard InChI is InChI=1S/C25H27BrN2O6/c1-3-33-24(32)18-19-23(31)28(13(2)12-29)21(25(19)11-17(26)20(18)34-25)22(30)27-16-9-8-14-6-4-5-7-15(14)10-16/h4-10,13,17-21,29H,3,11-12H2,1-2H3,(H,27,30)/t13-,17?,18+,19-,20+,21+,25-/m1/s1. The lowest BCUT2D eigenvalue weighted by Crippen LogP contribution is -2.56. The molecule has 2 bridgehead atoms. The molecule has 3 fully saturated rings. The number of alkyl halides is 1. The fraction of sp³-hybridized carbons (Fsp3) is 0.480. The average molecular weight is 531 g/mol. The summed E-state index contributed by atoms with van der Waals surface area (Å²) in [5.41, 5.74) is -0.588. The maximum atomic E-state index is 13.8. The number of esters is 1. The van der Waals surface area contributed by atoms with Crippen molar-refractivity contribution < 1.29 is 29.0 Å². The third kappa shape index (κ3) is 3.36. The van der Waals surface area contributed by atoms with E-state index in [1.165, 1.54) is 4.90 Å². The zero-order valence-corrected chi connectivity index (χ0v) is 20.5. The third-order valence-corrected chi connectivity index (χ3v) is 8.14. The van der Waals surface area contributed by atoms with Crippen LogP contribution in [-0.4, -0.2) is 69.6 Å². The van der Waals surface area contributed by atoms with Crippen LogP contribution in [0, 0.1) is 11.8 Å². The van der Waals surface area contributed by atoms with Gasteiger partial charge in [-0.1, -0.05) is 46.3 Å². The lowest BCUT2D eigenvalue weighted by atomic mass is 9.70. The third-order valence-electron chi connectivity index (χ3n) is 7.29. The first-order chi connectivity index (χ1) is 16.3. The van der Waals surface area contributed by atoms with Gasteiger partial charge in [-0.25, -0.2) is 0 Å². The van der Waals surface area contributed by atoms with Crippen LogP contribution < -0.4 is 5.32 Å². The van der Waals surface area contributed by atoms with Gasteiger partial charge in [0.05, 0.1) is 37.2 Å². The van der Waals surface area contributed by atoms with Crippen LogP contribution in [0.4, 0.5) is 5.69 Å². The molecule has 34 heavy (non-hydrogen) atoms. The van der Waals surface area contributed by atoms with Gasteiger partial charge in [-0.15, -0.1) is 0 Å². The summed E-state index contributed by atoms with van der Waals surface area (Å²) in [6.45, 7) is 3.26. The van der Waals surface area contributed by atoms with E-state index in [0.717, 1.165) is 10.8 Å². The second kappa shape index (κ2) is 8.62. The topological polar surface area (TPSA) is 105 Å². The number of likely N-dealkylation sites (tertiary alicyclic amines) is 1. The van der Waals surface area contributed by atoms with Crippen molar-refractivity contribution in [2.24, 2.45) is 11.8 Å². The van der Waals surface area contributed by atoms with Gasteiger partial charge in [0.2, 0.25) is 11.8 Å². The van der Waals surface area contributed by atoms with E-state index in [0.29, 0.717) is 12.1 Å². The van der Waals surface area contributed by atoms with Gasteiger partial charge in [-0.05, 0) is 43.2 Å². The van der Waals surface area contributed by atoms with Crippen LogP contribution >= 0.6 is 15.9 Å². The number of carbonyl (C=O) groups is 3. The van der Waals surface area contributed by atoms with Gasteiger partial charge >= 0.3 is 5.97 Å². The number of ether oxygens (including phenoxy) is 2. The van der Waals surface area contributed by atoms with Gasteiger partial charge in [0.1, 0.15) is 11.6 Å². The van der Waals surface area contributed by atoms with Crippen LogP contribution in [0.5, 0.6) is 0 Å². The zero-order chi connectivity index (χ0) is 24.2. The Morgan fingerprint density at radius 3 is 2.74 bits per heavy atom. The Morgan fingerprint density at radius 1 is 1.29 bits per heavy atom. The van der Waals surface area contributed by atoms with E-state index in [1.807, 2.05) is 42.5 Å². The summed E-state index contributed by atoms with van der Waals surface area (Å²) in [5.74, 6) is -2.91. The molecule has 1 unspecified atom stereocenters. The second-order valence-electron chi connectivity index (χ2n) is 9.24. The Bertz CT molecular complexity index is 1160. The van der Waals surface area contributed by atoms with Gasteiger partial charge in [0.15, 0.2) is 0 Å². The number of nitrogens with one attached hydrogen (secondary N) is 1. The summed E-state index contributed by atoms with van der Waals surface area (Å²) in [5, 5.41) is 14.9. The van der Waals surface area contributed by atoms with Crippen LogP contribution in [-0.2, 0) is 23.9 Å². The first-order valence-electron chi connectivity index (χ1n) is 11.5. The molecule has 8 nitrogen and oxygen atoms in total. The minimum absolute atomic E-state index is 0.186. The maximum Gasteiger partial charge on any atom is 0.312 e. The second-order valence-corrected chi connectivity index (χ2v) is 10.4. The highest BCUT2D eigenvalue weighted by atomic mass is 79.9. The highest BCUT2D eigenvalue weighted by Gasteiger charge is 2.77. The summed E-state index contributed by atoms with van der Waals surface area (Å²) in [6.07, 6.45) is -0.162. The van der Waals surface area contributed by atoms with Crippen molar-refractivity contribution >= 4 is 50.2 Å². The number of fused-ring (bicyclic) bond motifs is 2. The molecule has 7 atom stereocenters. The van der Waals surface area contributed by atoms with E-state index in [1.54, 1.807) is 13.8 Å².